The lowest BCUT2D eigenvalue weighted by molar-refractivity contribution is -0.0360. The highest BCUT2D eigenvalue weighted by molar-refractivity contribution is 4.93. The molecule has 0 amide bonds. The Morgan fingerprint density at radius 2 is 1.79 bits per heavy atom. The summed E-state index contributed by atoms with van der Waals surface area (Å²) in [5.41, 5.74) is 0.310. The van der Waals surface area contributed by atoms with E-state index in [4.69, 9.17) is 4.74 Å². The molecule has 3 fully saturated rings. The van der Waals surface area contributed by atoms with Crippen LogP contribution in [0.25, 0.3) is 0 Å². The SMILES string of the molecule is CC1CCCC(NCC2CCC3(CCCC3)O2)CC1. The van der Waals surface area contributed by atoms with Crippen LogP contribution >= 0.6 is 0 Å². The van der Waals surface area contributed by atoms with Crippen LogP contribution in [-0.2, 0) is 4.74 Å². The molecule has 0 aromatic rings. The van der Waals surface area contributed by atoms with Gasteiger partial charge >= 0.3 is 0 Å². The molecule has 19 heavy (non-hydrogen) atoms. The minimum Gasteiger partial charge on any atom is -0.370 e. The lowest BCUT2D eigenvalue weighted by Crippen LogP contribution is -2.36. The molecular weight excluding hydrogens is 234 g/mol. The first-order chi connectivity index (χ1) is 9.26. The summed E-state index contributed by atoms with van der Waals surface area (Å²) < 4.78 is 6.39. The van der Waals surface area contributed by atoms with E-state index in [9.17, 15) is 0 Å². The molecule has 2 saturated carbocycles. The van der Waals surface area contributed by atoms with Gasteiger partial charge in [0, 0.05) is 12.6 Å². The van der Waals surface area contributed by atoms with Crippen molar-refractivity contribution in [2.45, 2.75) is 95.3 Å². The van der Waals surface area contributed by atoms with Gasteiger partial charge in [-0.25, -0.2) is 0 Å². The fourth-order valence-corrected chi connectivity index (χ4v) is 4.42. The molecular formula is C17H31NO. The number of ether oxygens (including phenoxy) is 1. The fraction of sp³-hybridized carbons (Fsp3) is 1.00. The smallest absolute Gasteiger partial charge is 0.0708 e. The summed E-state index contributed by atoms with van der Waals surface area (Å²) in [5.74, 6) is 0.941. The monoisotopic (exact) mass is 265 g/mol. The van der Waals surface area contributed by atoms with Gasteiger partial charge in [0.25, 0.3) is 0 Å². The molecule has 0 bridgehead atoms. The summed E-state index contributed by atoms with van der Waals surface area (Å²) in [5, 5.41) is 3.81. The van der Waals surface area contributed by atoms with Crippen LogP contribution < -0.4 is 5.32 Å². The lowest BCUT2D eigenvalue weighted by Gasteiger charge is -2.25. The maximum Gasteiger partial charge on any atom is 0.0708 e. The Hall–Kier alpha value is -0.0800. The topological polar surface area (TPSA) is 21.3 Å². The third-order valence-electron chi connectivity index (χ3n) is 5.75. The summed E-state index contributed by atoms with van der Waals surface area (Å²) in [6.45, 7) is 3.51. The van der Waals surface area contributed by atoms with Crippen LogP contribution in [-0.4, -0.2) is 24.3 Å². The van der Waals surface area contributed by atoms with Crippen molar-refractivity contribution in [1.82, 2.24) is 5.32 Å². The summed E-state index contributed by atoms with van der Waals surface area (Å²) in [6.07, 6.45) is 15.5. The van der Waals surface area contributed by atoms with Gasteiger partial charge in [0.2, 0.25) is 0 Å². The van der Waals surface area contributed by atoms with E-state index in [1.807, 2.05) is 0 Å². The lowest BCUT2D eigenvalue weighted by atomic mass is 9.98. The third-order valence-corrected chi connectivity index (χ3v) is 5.75. The summed E-state index contributed by atoms with van der Waals surface area (Å²) in [6, 6.07) is 0.758. The van der Waals surface area contributed by atoms with Gasteiger partial charge in [0.1, 0.15) is 0 Å². The first-order valence-corrected chi connectivity index (χ1v) is 8.67. The largest absolute Gasteiger partial charge is 0.370 e. The molecule has 1 aliphatic heterocycles. The molecule has 0 radical (unpaired) electrons. The van der Waals surface area contributed by atoms with Crippen molar-refractivity contribution in [3.8, 4) is 0 Å². The van der Waals surface area contributed by atoms with Gasteiger partial charge in [-0.05, 0) is 50.9 Å². The van der Waals surface area contributed by atoms with Crippen LogP contribution in [0.5, 0.6) is 0 Å². The Morgan fingerprint density at radius 1 is 0.947 bits per heavy atom. The van der Waals surface area contributed by atoms with E-state index in [0.717, 1.165) is 18.5 Å². The van der Waals surface area contributed by atoms with Gasteiger partial charge in [0.15, 0.2) is 0 Å². The minimum absolute atomic E-state index is 0.310. The van der Waals surface area contributed by atoms with E-state index in [0.29, 0.717) is 11.7 Å². The second kappa shape index (κ2) is 6.13. The zero-order valence-electron chi connectivity index (χ0n) is 12.6. The van der Waals surface area contributed by atoms with Gasteiger partial charge in [-0.15, -0.1) is 0 Å². The van der Waals surface area contributed by atoms with Crippen LogP contribution in [0.1, 0.15) is 77.6 Å². The van der Waals surface area contributed by atoms with E-state index in [1.165, 1.54) is 70.6 Å². The normalized spacial score (nSPS) is 38.7. The van der Waals surface area contributed by atoms with Crippen LogP contribution in [0.4, 0.5) is 0 Å². The van der Waals surface area contributed by atoms with Crippen LogP contribution in [0.2, 0.25) is 0 Å². The van der Waals surface area contributed by atoms with E-state index >= 15 is 0 Å². The first-order valence-electron chi connectivity index (χ1n) is 8.67. The Labute approximate surface area is 118 Å². The van der Waals surface area contributed by atoms with E-state index in [-0.39, 0.29) is 0 Å². The molecule has 3 unspecified atom stereocenters. The Balaban J connectivity index is 1.40. The van der Waals surface area contributed by atoms with Gasteiger partial charge < -0.3 is 10.1 Å². The molecule has 2 nitrogen and oxygen atoms in total. The van der Waals surface area contributed by atoms with Crippen molar-refractivity contribution >= 4 is 0 Å². The number of hydrogen-bond donors (Lipinski definition) is 1. The number of hydrogen-bond acceptors (Lipinski definition) is 2. The molecule has 3 atom stereocenters. The Bertz CT molecular complexity index is 285. The molecule has 3 aliphatic rings. The average molecular weight is 265 g/mol. The Morgan fingerprint density at radius 3 is 2.63 bits per heavy atom. The zero-order chi connectivity index (χ0) is 13.1. The van der Waals surface area contributed by atoms with Crippen molar-refractivity contribution in [3.63, 3.8) is 0 Å². The zero-order valence-corrected chi connectivity index (χ0v) is 12.6. The Kier molecular flexibility index (Phi) is 4.48. The maximum absolute atomic E-state index is 6.39. The third kappa shape index (κ3) is 3.52. The average Bonchev–Trinajstić information content (AvgIpc) is 2.98. The highest BCUT2D eigenvalue weighted by Crippen LogP contribution is 2.43. The summed E-state index contributed by atoms with van der Waals surface area (Å²) >= 11 is 0. The van der Waals surface area contributed by atoms with E-state index < -0.39 is 0 Å². The molecule has 1 N–H and O–H groups in total. The molecule has 110 valence electrons. The van der Waals surface area contributed by atoms with Crippen molar-refractivity contribution in [2.75, 3.05) is 6.54 Å². The van der Waals surface area contributed by atoms with Crippen molar-refractivity contribution in [2.24, 2.45) is 5.92 Å². The van der Waals surface area contributed by atoms with Crippen molar-refractivity contribution in [3.05, 3.63) is 0 Å². The highest BCUT2D eigenvalue weighted by Gasteiger charge is 2.41. The van der Waals surface area contributed by atoms with Gasteiger partial charge in [-0.3, -0.25) is 0 Å². The molecule has 0 aromatic carbocycles. The van der Waals surface area contributed by atoms with Crippen molar-refractivity contribution < 1.29 is 4.74 Å². The van der Waals surface area contributed by atoms with E-state index in [2.05, 4.69) is 12.2 Å². The van der Waals surface area contributed by atoms with Crippen LogP contribution in [0, 0.1) is 5.92 Å². The second-order valence-corrected chi connectivity index (χ2v) is 7.39. The molecule has 1 saturated heterocycles. The van der Waals surface area contributed by atoms with E-state index in [1.54, 1.807) is 0 Å². The minimum atomic E-state index is 0.310. The highest BCUT2D eigenvalue weighted by atomic mass is 16.5. The molecule has 1 spiro atoms. The standard InChI is InChI=1S/C17H31NO/c1-14-5-4-6-15(8-7-14)18-13-16-9-12-17(19-16)10-2-3-11-17/h14-16,18H,2-13H2,1H3. The van der Waals surface area contributed by atoms with Gasteiger partial charge in [-0.2, -0.15) is 0 Å². The maximum atomic E-state index is 6.39. The van der Waals surface area contributed by atoms with Crippen LogP contribution in [0.15, 0.2) is 0 Å². The molecule has 0 aromatic heterocycles. The van der Waals surface area contributed by atoms with Gasteiger partial charge in [0.05, 0.1) is 11.7 Å². The quantitative estimate of drug-likeness (QED) is 0.778. The van der Waals surface area contributed by atoms with Crippen LogP contribution in [0.3, 0.4) is 0 Å². The van der Waals surface area contributed by atoms with Gasteiger partial charge in [-0.1, -0.05) is 32.6 Å². The predicted molar refractivity (Wildman–Crippen MR) is 79.3 cm³/mol. The summed E-state index contributed by atoms with van der Waals surface area (Å²) in [4.78, 5) is 0. The number of rotatable bonds is 3. The molecule has 1 heterocycles. The first kappa shape index (κ1) is 13.9. The molecule has 2 heteroatoms. The molecule has 3 rings (SSSR count). The predicted octanol–water partition coefficient (Wildman–Crippen LogP) is 4.04. The summed E-state index contributed by atoms with van der Waals surface area (Å²) in [7, 11) is 0. The second-order valence-electron chi connectivity index (χ2n) is 7.39. The van der Waals surface area contributed by atoms with Crippen molar-refractivity contribution in [1.29, 1.82) is 0 Å². The molecule has 2 aliphatic carbocycles. The number of nitrogens with one attached hydrogen (secondary N) is 1. The fourth-order valence-electron chi connectivity index (χ4n) is 4.42.